The first-order valence-electron chi connectivity index (χ1n) is 13.1. The molecule has 0 unspecified atom stereocenters. The minimum Gasteiger partial charge on any atom is -0.494 e. The fraction of sp³-hybridized carbons (Fsp3) is 0.233. The number of nitrogens with one attached hydrogen (secondary N) is 1. The quantitative estimate of drug-likeness (QED) is 0.102. The second-order valence-electron chi connectivity index (χ2n) is 9.01. The van der Waals surface area contributed by atoms with Crippen LogP contribution in [0.15, 0.2) is 72.3 Å². The first-order valence-corrected chi connectivity index (χ1v) is 13.1. The number of carbonyl (C=O) groups is 3. The number of carbonyl (C=O) groups excluding carboxylic acids is 3. The summed E-state index contributed by atoms with van der Waals surface area (Å²) in [7, 11) is 0. The lowest BCUT2D eigenvalue weighted by molar-refractivity contribution is -0.384. The van der Waals surface area contributed by atoms with E-state index in [9.17, 15) is 24.5 Å². The maximum Gasteiger partial charge on any atom is 0.335 e. The highest BCUT2D eigenvalue weighted by Gasteiger charge is 2.36. The molecule has 1 saturated heterocycles. The molecule has 0 aromatic heterocycles. The van der Waals surface area contributed by atoms with E-state index in [4.69, 9.17) is 14.2 Å². The Kier molecular flexibility index (Phi) is 9.31. The smallest absolute Gasteiger partial charge is 0.335 e. The number of ether oxygens (including phenoxy) is 3. The van der Waals surface area contributed by atoms with Gasteiger partial charge in [0.25, 0.3) is 17.5 Å². The van der Waals surface area contributed by atoms with E-state index >= 15 is 0 Å². The number of rotatable bonds is 12. The molecule has 1 aliphatic heterocycles. The largest absolute Gasteiger partial charge is 0.494 e. The zero-order valence-electron chi connectivity index (χ0n) is 22.6. The van der Waals surface area contributed by atoms with Crippen molar-refractivity contribution in [3.63, 3.8) is 0 Å². The number of anilines is 1. The van der Waals surface area contributed by atoms with E-state index in [0.29, 0.717) is 41.6 Å². The standard InChI is InChI=1S/C30H29N3O8/c1-3-5-15-40-24-12-10-22(11-13-24)32-29(35)25(28(34)31-30(32)36)17-20-9-14-26(27(18-20)39-4-2)41-19-21-7-6-8-23(16-21)33(37)38/h6-14,16-18H,3-5,15,19H2,1-2H3,(H,31,34,36)/b25-17-. The van der Waals surface area contributed by atoms with Gasteiger partial charge in [-0.1, -0.05) is 31.5 Å². The Morgan fingerprint density at radius 1 is 0.927 bits per heavy atom. The van der Waals surface area contributed by atoms with Gasteiger partial charge in [0.1, 0.15) is 17.9 Å². The normalized spacial score (nSPS) is 14.1. The molecule has 4 amide bonds. The van der Waals surface area contributed by atoms with E-state index in [2.05, 4.69) is 12.2 Å². The highest BCUT2D eigenvalue weighted by Crippen LogP contribution is 2.31. The first kappa shape index (κ1) is 28.8. The highest BCUT2D eigenvalue weighted by molar-refractivity contribution is 6.39. The summed E-state index contributed by atoms with van der Waals surface area (Å²) < 4.78 is 17.2. The van der Waals surface area contributed by atoms with Crippen LogP contribution >= 0.6 is 0 Å². The van der Waals surface area contributed by atoms with Gasteiger partial charge in [-0.25, -0.2) is 9.69 Å². The van der Waals surface area contributed by atoms with Crippen LogP contribution in [0.1, 0.15) is 37.8 Å². The van der Waals surface area contributed by atoms with Gasteiger partial charge in [0.2, 0.25) is 0 Å². The molecule has 0 saturated carbocycles. The van der Waals surface area contributed by atoms with Crippen molar-refractivity contribution in [2.75, 3.05) is 18.1 Å². The first-order chi connectivity index (χ1) is 19.8. The molecule has 11 heteroatoms. The van der Waals surface area contributed by atoms with Crippen LogP contribution in [0.2, 0.25) is 0 Å². The highest BCUT2D eigenvalue weighted by atomic mass is 16.6. The van der Waals surface area contributed by atoms with Crippen molar-refractivity contribution in [2.45, 2.75) is 33.3 Å². The maximum absolute atomic E-state index is 13.3. The van der Waals surface area contributed by atoms with E-state index in [1.807, 2.05) is 0 Å². The summed E-state index contributed by atoms with van der Waals surface area (Å²) in [5, 5.41) is 13.3. The number of non-ortho nitro benzene ring substituents is 1. The summed E-state index contributed by atoms with van der Waals surface area (Å²) in [5.74, 6) is -0.266. The number of barbiturate groups is 1. The fourth-order valence-corrected chi connectivity index (χ4v) is 4.01. The van der Waals surface area contributed by atoms with Crippen molar-refractivity contribution in [2.24, 2.45) is 0 Å². The fourth-order valence-electron chi connectivity index (χ4n) is 4.01. The Morgan fingerprint density at radius 3 is 2.41 bits per heavy atom. The molecular formula is C30H29N3O8. The van der Waals surface area contributed by atoms with Gasteiger partial charge in [0, 0.05) is 12.1 Å². The molecule has 212 valence electrons. The van der Waals surface area contributed by atoms with Gasteiger partial charge in [-0.3, -0.25) is 25.0 Å². The molecule has 1 N–H and O–H groups in total. The summed E-state index contributed by atoms with van der Waals surface area (Å²) in [6.45, 7) is 4.78. The summed E-state index contributed by atoms with van der Waals surface area (Å²) in [6.07, 6.45) is 3.26. The van der Waals surface area contributed by atoms with E-state index in [-0.39, 0.29) is 23.6 Å². The number of nitro benzene ring substituents is 1. The second-order valence-corrected chi connectivity index (χ2v) is 9.01. The predicted molar refractivity (Wildman–Crippen MR) is 151 cm³/mol. The summed E-state index contributed by atoms with van der Waals surface area (Å²) in [4.78, 5) is 50.0. The molecular weight excluding hydrogens is 530 g/mol. The van der Waals surface area contributed by atoms with Crippen molar-refractivity contribution < 1.29 is 33.5 Å². The van der Waals surface area contributed by atoms with E-state index in [1.54, 1.807) is 61.5 Å². The predicted octanol–water partition coefficient (Wildman–Crippen LogP) is 5.42. The lowest BCUT2D eigenvalue weighted by Crippen LogP contribution is -2.54. The van der Waals surface area contributed by atoms with Gasteiger partial charge in [-0.2, -0.15) is 0 Å². The third-order valence-corrected chi connectivity index (χ3v) is 6.06. The minimum atomic E-state index is -0.850. The van der Waals surface area contributed by atoms with Gasteiger partial charge in [0.15, 0.2) is 11.5 Å². The zero-order valence-corrected chi connectivity index (χ0v) is 22.6. The van der Waals surface area contributed by atoms with Crippen LogP contribution in [0.25, 0.3) is 6.08 Å². The molecule has 4 rings (SSSR count). The average Bonchev–Trinajstić information content (AvgIpc) is 2.96. The molecule has 0 atom stereocenters. The Labute approximate surface area is 236 Å². The second kappa shape index (κ2) is 13.2. The summed E-state index contributed by atoms with van der Waals surface area (Å²) in [6, 6.07) is 16.6. The lowest BCUT2D eigenvalue weighted by Gasteiger charge is -2.26. The molecule has 3 aromatic rings. The number of urea groups is 1. The zero-order chi connectivity index (χ0) is 29.4. The molecule has 1 fully saturated rings. The molecule has 0 aliphatic carbocycles. The molecule has 0 spiro atoms. The average molecular weight is 560 g/mol. The molecule has 41 heavy (non-hydrogen) atoms. The monoisotopic (exact) mass is 559 g/mol. The van der Waals surface area contributed by atoms with Crippen molar-refractivity contribution in [3.8, 4) is 17.2 Å². The van der Waals surface area contributed by atoms with E-state index < -0.39 is 22.8 Å². The van der Waals surface area contributed by atoms with E-state index in [0.717, 1.165) is 17.7 Å². The molecule has 11 nitrogen and oxygen atoms in total. The SMILES string of the molecule is CCCCOc1ccc(N2C(=O)NC(=O)/C(=C/c3ccc(OCc4cccc([N+](=O)[O-])c4)c(OCC)c3)C2=O)cc1. The third kappa shape index (κ3) is 7.07. The van der Waals surface area contributed by atoms with Gasteiger partial charge in [-0.15, -0.1) is 0 Å². The number of unbranched alkanes of at least 4 members (excludes halogenated alkanes) is 1. The number of imide groups is 2. The van der Waals surface area contributed by atoms with Crippen molar-refractivity contribution >= 4 is 35.3 Å². The van der Waals surface area contributed by atoms with Crippen LogP contribution in [0, 0.1) is 10.1 Å². The third-order valence-electron chi connectivity index (χ3n) is 6.06. The Hall–Kier alpha value is -5.19. The van der Waals surface area contributed by atoms with Crippen LogP contribution in [0.3, 0.4) is 0 Å². The molecule has 3 aromatic carbocycles. The molecule has 0 radical (unpaired) electrons. The Balaban J connectivity index is 1.54. The minimum absolute atomic E-state index is 0.0442. The number of hydrogen-bond acceptors (Lipinski definition) is 8. The molecule has 0 bridgehead atoms. The van der Waals surface area contributed by atoms with Gasteiger partial charge in [0.05, 0.1) is 23.8 Å². The van der Waals surface area contributed by atoms with Crippen LogP contribution in [-0.4, -0.2) is 36.0 Å². The number of nitro groups is 1. The van der Waals surface area contributed by atoms with Gasteiger partial charge in [-0.05, 0) is 66.9 Å². The summed E-state index contributed by atoms with van der Waals surface area (Å²) in [5.41, 5.74) is 1.07. The topological polar surface area (TPSA) is 137 Å². The van der Waals surface area contributed by atoms with Crippen molar-refractivity contribution in [1.29, 1.82) is 0 Å². The van der Waals surface area contributed by atoms with Crippen molar-refractivity contribution in [3.05, 3.63) is 93.5 Å². The van der Waals surface area contributed by atoms with Crippen LogP contribution in [0.4, 0.5) is 16.2 Å². The molecule has 1 heterocycles. The van der Waals surface area contributed by atoms with Crippen LogP contribution < -0.4 is 24.4 Å². The van der Waals surface area contributed by atoms with E-state index in [1.165, 1.54) is 18.2 Å². The van der Waals surface area contributed by atoms with Crippen LogP contribution in [-0.2, 0) is 16.2 Å². The number of hydrogen-bond donors (Lipinski definition) is 1. The molecule has 1 aliphatic rings. The number of benzene rings is 3. The van der Waals surface area contributed by atoms with Crippen molar-refractivity contribution in [1.82, 2.24) is 5.32 Å². The maximum atomic E-state index is 13.3. The number of nitrogens with zero attached hydrogens (tertiary/aromatic N) is 2. The lowest BCUT2D eigenvalue weighted by atomic mass is 10.1. The van der Waals surface area contributed by atoms with Crippen LogP contribution in [0.5, 0.6) is 17.2 Å². The Bertz CT molecular complexity index is 1480. The number of amides is 4. The van der Waals surface area contributed by atoms with Gasteiger partial charge >= 0.3 is 6.03 Å². The van der Waals surface area contributed by atoms with Gasteiger partial charge < -0.3 is 14.2 Å². The summed E-state index contributed by atoms with van der Waals surface area (Å²) >= 11 is 0. The Morgan fingerprint density at radius 2 is 1.71 bits per heavy atom.